The van der Waals surface area contributed by atoms with Crippen molar-refractivity contribution >= 4 is 15.9 Å². The minimum atomic E-state index is -3.25. The molecule has 1 amide bonds. The first kappa shape index (κ1) is 16.4. The fraction of sp³-hybridized carbons (Fsp3) is 0.909. The van der Waals surface area contributed by atoms with Crippen LogP contribution in [0.2, 0.25) is 0 Å². The molecule has 1 saturated heterocycles. The number of piperidine rings is 1. The van der Waals surface area contributed by atoms with Crippen molar-refractivity contribution in [1.29, 1.82) is 0 Å². The van der Waals surface area contributed by atoms with Gasteiger partial charge in [-0.15, -0.1) is 0 Å². The van der Waals surface area contributed by atoms with Crippen molar-refractivity contribution in [2.45, 2.75) is 31.3 Å². The lowest BCUT2D eigenvalue weighted by Crippen LogP contribution is -2.55. The van der Waals surface area contributed by atoms with Crippen molar-refractivity contribution in [3.05, 3.63) is 0 Å². The van der Waals surface area contributed by atoms with Gasteiger partial charge >= 0.3 is 0 Å². The molecule has 0 bridgehead atoms. The zero-order valence-electron chi connectivity index (χ0n) is 11.5. The highest BCUT2D eigenvalue weighted by atomic mass is 32.2. The van der Waals surface area contributed by atoms with Gasteiger partial charge in [0.15, 0.2) is 0 Å². The van der Waals surface area contributed by atoms with Crippen LogP contribution in [-0.4, -0.2) is 64.4 Å². The molecule has 3 N–H and O–H groups in total. The fourth-order valence-corrected chi connectivity index (χ4v) is 2.71. The first-order valence-electron chi connectivity index (χ1n) is 6.35. The molecule has 8 heteroatoms. The maximum Gasteiger partial charge on any atom is 0.242 e. The van der Waals surface area contributed by atoms with E-state index in [1.54, 1.807) is 4.90 Å². The van der Waals surface area contributed by atoms with Gasteiger partial charge in [-0.25, -0.2) is 13.1 Å². The van der Waals surface area contributed by atoms with Crippen LogP contribution in [0.25, 0.3) is 0 Å². The number of nitrogens with zero attached hydrogens (tertiary/aromatic N) is 1. The molecule has 1 heterocycles. The van der Waals surface area contributed by atoms with E-state index in [1.807, 2.05) is 0 Å². The molecule has 0 aromatic rings. The molecule has 19 heavy (non-hydrogen) atoms. The molecular weight excluding hydrogens is 270 g/mol. The maximum absolute atomic E-state index is 12.2. The second-order valence-electron chi connectivity index (χ2n) is 4.86. The molecule has 112 valence electrons. The van der Waals surface area contributed by atoms with Crippen molar-refractivity contribution < 1.29 is 17.9 Å². The van der Waals surface area contributed by atoms with Crippen LogP contribution in [0.15, 0.2) is 0 Å². The van der Waals surface area contributed by atoms with Crippen LogP contribution in [0.5, 0.6) is 0 Å². The van der Waals surface area contributed by atoms with Crippen LogP contribution >= 0.6 is 0 Å². The Labute approximate surface area is 114 Å². The summed E-state index contributed by atoms with van der Waals surface area (Å²) < 4.78 is 29.6. The normalized spacial score (nSPS) is 22.3. The molecule has 7 nitrogen and oxygen atoms in total. The summed E-state index contributed by atoms with van der Waals surface area (Å²) in [6.45, 7) is 1.03. The summed E-state index contributed by atoms with van der Waals surface area (Å²) >= 11 is 0. The average Bonchev–Trinajstić information content (AvgIpc) is 2.35. The van der Waals surface area contributed by atoms with Crippen molar-refractivity contribution in [2.24, 2.45) is 5.73 Å². The van der Waals surface area contributed by atoms with Gasteiger partial charge in [-0.2, -0.15) is 0 Å². The lowest BCUT2D eigenvalue weighted by molar-refractivity contribution is -0.137. The number of rotatable bonds is 6. The predicted molar refractivity (Wildman–Crippen MR) is 72.0 cm³/mol. The smallest absolute Gasteiger partial charge is 0.242 e. The highest BCUT2D eigenvalue weighted by Crippen LogP contribution is 2.17. The Bertz CT molecular complexity index is 399. The summed E-state index contributed by atoms with van der Waals surface area (Å²) in [6.07, 6.45) is 3.80. The Morgan fingerprint density at radius 3 is 2.79 bits per heavy atom. The molecule has 0 spiro atoms. The minimum Gasteiger partial charge on any atom is -0.383 e. The third kappa shape index (κ3) is 5.43. The van der Waals surface area contributed by atoms with E-state index < -0.39 is 16.1 Å². The molecule has 1 fully saturated rings. The molecule has 0 aliphatic carbocycles. The summed E-state index contributed by atoms with van der Waals surface area (Å²) in [5.74, 6) is -0.179. The molecule has 0 radical (unpaired) electrons. The van der Waals surface area contributed by atoms with E-state index >= 15 is 0 Å². The molecule has 1 rings (SSSR count). The molecule has 0 aromatic heterocycles. The van der Waals surface area contributed by atoms with Gasteiger partial charge in [0.25, 0.3) is 0 Å². The third-order valence-corrected chi connectivity index (χ3v) is 3.85. The minimum absolute atomic E-state index is 0.126. The van der Waals surface area contributed by atoms with E-state index in [4.69, 9.17) is 10.5 Å². The Hall–Kier alpha value is -0.700. The number of carbonyl (C=O) groups excluding carboxylic acids is 1. The Kier molecular flexibility index (Phi) is 6.18. The van der Waals surface area contributed by atoms with Gasteiger partial charge in [-0.3, -0.25) is 4.79 Å². The molecule has 2 unspecified atom stereocenters. The molecule has 2 atom stereocenters. The van der Waals surface area contributed by atoms with Gasteiger partial charge < -0.3 is 15.4 Å². The van der Waals surface area contributed by atoms with E-state index in [2.05, 4.69) is 4.72 Å². The van der Waals surface area contributed by atoms with E-state index in [9.17, 15) is 13.2 Å². The number of amides is 1. The average molecular weight is 293 g/mol. The lowest BCUT2D eigenvalue weighted by Gasteiger charge is -2.37. The number of nitrogens with one attached hydrogen (secondary N) is 1. The second-order valence-corrected chi connectivity index (χ2v) is 6.70. The summed E-state index contributed by atoms with van der Waals surface area (Å²) in [4.78, 5) is 13.8. The van der Waals surface area contributed by atoms with Gasteiger partial charge in [-0.1, -0.05) is 0 Å². The van der Waals surface area contributed by atoms with Crippen LogP contribution in [0.4, 0.5) is 0 Å². The molecule has 1 aliphatic heterocycles. The zero-order valence-corrected chi connectivity index (χ0v) is 12.3. The molecule has 0 saturated carbocycles. The van der Waals surface area contributed by atoms with Crippen molar-refractivity contribution in [2.75, 3.05) is 33.1 Å². The molecule has 1 aliphatic rings. The Morgan fingerprint density at radius 2 is 2.21 bits per heavy atom. The summed E-state index contributed by atoms with van der Waals surface area (Å²) in [6, 6.07) is -0.817. The maximum atomic E-state index is 12.2. The summed E-state index contributed by atoms with van der Waals surface area (Å²) in [7, 11) is -1.75. The lowest BCUT2D eigenvalue weighted by atomic mass is 10.0. The van der Waals surface area contributed by atoms with Gasteiger partial charge in [0, 0.05) is 26.2 Å². The van der Waals surface area contributed by atoms with E-state index in [0.717, 1.165) is 25.5 Å². The highest BCUT2D eigenvalue weighted by Gasteiger charge is 2.30. The number of methoxy groups -OCH3 is 1. The number of carbonyl (C=O) groups is 1. The van der Waals surface area contributed by atoms with Crippen LogP contribution < -0.4 is 10.5 Å². The SMILES string of the molecule is COCC(N)C(=O)N1CCCCC1CNS(C)(=O)=O. The third-order valence-electron chi connectivity index (χ3n) is 3.15. The number of nitrogens with two attached hydrogens (primary N) is 1. The van der Waals surface area contributed by atoms with Crippen LogP contribution in [-0.2, 0) is 19.6 Å². The summed E-state index contributed by atoms with van der Waals surface area (Å²) in [5.41, 5.74) is 5.75. The van der Waals surface area contributed by atoms with Crippen molar-refractivity contribution in [3.8, 4) is 0 Å². The van der Waals surface area contributed by atoms with Gasteiger partial charge in [0.1, 0.15) is 6.04 Å². The van der Waals surface area contributed by atoms with Crippen LogP contribution in [0.1, 0.15) is 19.3 Å². The number of hydrogen-bond donors (Lipinski definition) is 2. The topological polar surface area (TPSA) is 102 Å². The Balaban J connectivity index is 2.64. The quantitative estimate of drug-likeness (QED) is 0.646. The second kappa shape index (κ2) is 7.18. The predicted octanol–water partition coefficient (Wildman–Crippen LogP) is -1.11. The standard InChI is InChI=1S/C11H23N3O4S/c1-18-8-10(12)11(15)14-6-4-3-5-9(14)7-13-19(2,16)17/h9-10,13H,3-8,12H2,1-2H3. The van der Waals surface area contributed by atoms with Gasteiger partial charge in [-0.05, 0) is 19.3 Å². The van der Waals surface area contributed by atoms with Gasteiger partial charge in [0.05, 0.1) is 12.9 Å². The largest absolute Gasteiger partial charge is 0.383 e. The fourth-order valence-electron chi connectivity index (χ4n) is 2.21. The van der Waals surface area contributed by atoms with E-state index in [-0.39, 0.29) is 25.1 Å². The van der Waals surface area contributed by atoms with E-state index in [1.165, 1.54) is 7.11 Å². The van der Waals surface area contributed by atoms with E-state index in [0.29, 0.717) is 6.54 Å². The zero-order chi connectivity index (χ0) is 14.5. The summed E-state index contributed by atoms with van der Waals surface area (Å²) in [5, 5.41) is 0. The first-order chi connectivity index (χ1) is 8.85. The number of likely N-dealkylation sites (tertiary alicyclic amines) is 1. The van der Waals surface area contributed by atoms with Crippen LogP contribution in [0, 0.1) is 0 Å². The van der Waals surface area contributed by atoms with Crippen molar-refractivity contribution in [1.82, 2.24) is 9.62 Å². The monoisotopic (exact) mass is 293 g/mol. The highest BCUT2D eigenvalue weighted by molar-refractivity contribution is 7.88. The molecular formula is C11H23N3O4S. The Morgan fingerprint density at radius 1 is 1.53 bits per heavy atom. The first-order valence-corrected chi connectivity index (χ1v) is 8.24. The number of sulfonamides is 1. The van der Waals surface area contributed by atoms with Gasteiger partial charge in [0.2, 0.25) is 15.9 Å². The number of ether oxygens (including phenoxy) is 1. The van der Waals surface area contributed by atoms with Crippen molar-refractivity contribution in [3.63, 3.8) is 0 Å². The molecule has 0 aromatic carbocycles. The number of hydrogen-bond acceptors (Lipinski definition) is 5. The van der Waals surface area contributed by atoms with Crippen LogP contribution in [0.3, 0.4) is 0 Å².